The van der Waals surface area contributed by atoms with Gasteiger partial charge in [-0.15, -0.1) is 11.3 Å². The molecule has 0 aliphatic heterocycles. The number of aromatic amines is 1. The van der Waals surface area contributed by atoms with E-state index in [-0.39, 0.29) is 5.91 Å². The molecule has 0 aliphatic rings. The van der Waals surface area contributed by atoms with Gasteiger partial charge in [0.1, 0.15) is 12.2 Å². The Morgan fingerprint density at radius 3 is 3.18 bits per heavy atom. The first-order valence-electron chi connectivity index (χ1n) is 4.78. The maximum atomic E-state index is 11.5. The molecular weight excluding hydrogens is 304 g/mol. The quantitative estimate of drug-likeness (QED) is 0.848. The number of nitrogens with one attached hydrogen (secondary N) is 2. The van der Waals surface area contributed by atoms with Gasteiger partial charge in [-0.25, -0.2) is 4.98 Å². The standard InChI is InChI=1S/C10H9BrN4OS/c11-8-3-7(5-17-8)1-2-10(16)12-4-9-13-6-14-15-9/h1-3,5-6H,4H2,(H,12,16)(H,13,14,15). The third-order valence-corrected chi connectivity index (χ3v) is 3.43. The molecule has 7 heteroatoms. The summed E-state index contributed by atoms with van der Waals surface area (Å²) in [5.41, 5.74) is 0.997. The molecule has 0 aromatic carbocycles. The number of thiophene rings is 1. The van der Waals surface area contributed by atoms with E-state index in [9.17, 15) is 4.79 Å². The molecule has 0 atom stereocenters. The van der Waals surface area contributed by atoms with Crippen LogP contribution in [0.4, 0.5) is 0 Å². The average molecular weight is 313 g/mol. The van der Waals surface area contributed by atoms with Crippen molar-refractivity contribution in [1.29, 1.82) is 0 Å². The zero-order valence-electron chi connectivity index (χ0n) is 8.68. The molecule has 2 aromatic heterocycles. The highest BCUT2D eigenvalue weighted by Crippen LogP contribution is 2.21. The Morgan fingerprint density at radius 1 is 1.65 bits per heavy atom. The van der Waals surface area contributed by atoms with Crippen LogP contribution in [-0.2, 0) is 11.3 Å². The topological polar surface area (TPSA) is 70.7 Å². The van der Waals surface area contributed by atoms with Crippen molar-refractivity contribution in [3.8, 4) is 0 Å². The molecule has 17 heavy (non-hydrogen) atoms. The predicted octanol–water partition coefficient (Wildman–Crippen LogP) is 1.96. The molecule has 88 valence electrons. The molecule has 0 bridgehead atoms. The van der Waals surface area contributed by atoms with Gasteiger partial charge in [-0.2, -0.15) is 5.10 Å². The highest BCUT2D eigenvalue weighted by Gasteiger charge is 1.99. The third-order valence-electron chi connectivity index (χ3n) is 1.91. The van der Waals surface area contributed by atoms with Crippen LogP contribution >= 0.6 is 27.3 Å². The van der Waals surface area contributed by atoms with Gasteiger partial charge >= 0.3 is 0 Å². The first-order chi connectivity index (χ1) is 8.24. The number of rotatable bonds is 4. The van der Waals surface area contributed by atoms with Crippen LogP contribution in [0.5, 0.6) is 0 Å². The number of hydrogen-bond acceptors (Lipinski definition) is 4. The van der Waals surface area contributed by atoms with Crippen molar-refractivity contribution in [2.45, 2.75) is 6.54 Å². The van der Waals surface area contributed by atoms with E-state index in [1.165, 1.54) is 12.4 Å². The monoisotopic (exact) mass is 312 g/mol. The minimum Gasteiger partial charge on any atom is -0.345 e. The van der Waals surface area contributed by atoms with E-state index in [2.05, 4.69) is 36.4 Å². The number of nitrogens with zero attached hydrogens (tertiary/aromatic N) is 2. The van der Waals surface area contributed by atoms with Gasteiger partial charge in [0, 0.05) is 6.08 Å². The Bertz CT molecular complexity index is 520. The lowest BCUT2D eigenvalue weighted by Crippen LogP contribution is -2.20. The van der Waals surface area contributed by atoms with E-state index >= 15 is 0 Å². The van der Waals surface area contributed by atoms with Crippen molar-refractivity contribution >= 4 is 39.2 Å². The van der Waals surface area contributed by atoms with Gasteiger partial charge < -0.3 is 5.32 Å². The number of carbonyl (C=O) groups is 1. The van der Waals surface area contributed by atoms with Crippen LogP contribution in [0.3, 0.4) is 0 Å². The summed E-state index contributed by atoms with van der Waals surface area (Å²) in [6.07, 6.45) is 4.65. The lowest BCUT2D eigenvalue weighted by molar-refractivity contribution is -0.116. The van der Waals surface area contributed by atoms with Gasteiger partial charge in [-0.05, 0) is 39.0 Å². The van der Waals surface area contributed by atoms with E-state index in [4.69, 9.17) is 0 Å². The molecule has 0 fully saturated rings. The van der Waals surface area contributed by atoms with Gasteiger partial charge in [0.25, 0.3) is 0 Å². The molecule has 0 saturated carbocycles. The van der Waals surface area contributed by atoms with Crippen molar-refractivity contribution < 1.29 is 4.79 Å². The van der Waals surface area contributed by atoms with Crippen LogP contribution in [0.15, 0.2) is 27.6 Å². The van der Waals surface area contributed by atoms with Gasteiger partial charge in [0.15, 0.2) is 0 Å². The summed E-state index contributed by atoms with van der Waals surface area (Å²) in [5, 5.41) is 11.0. The van der Waals surface area contributed by atoms with Crippen LogP contribution in [0.25, 0.3) is 6.08 Å². The molecule has 2 rings (SSSR count). The maximum Gasteiger partial charge on any atom is 0.244 e. The first-order valence-corrected chi connectivity index (χ1v) is 6.45. The number of carbonyl (C=O) groups excluding carboxylic acids is 1. The molecule has 1 amide bonds. The molecular formula is C10H9BrN4OS. The minimum absolute atomic E-state index is 0.163. The number of halogens is 1. The molecule has 0 spiro atoms. The highest BCUT2D eigenvalue weighted by molar-refractivity contribution is 9.11. The fourth-order valence-corrected chi connectivity index (χ4v) is 2.27. The second-order valence-electron chi connectivity index (χ2n) is 3.17. The summed E-state index contributed by atoms with van der Waals surface area (Å²) in [5.74, 6) is 0.466. The fraction of sp³-hybridized carbons (Fsp3) is 0.100. The molecule has 2 N–H and O–H groups in total. The van der Waals surface area contributed by atoms with Gasteiger partial charge in [0.2, 0.25) is 5.91 Å². The number of hydrogen-bond donors (Lipinski definition) is 2. The third kappa shape index (κ3) is 3.79. The van der Waals surface area contributed by atoms with E-state index < -0.39 is 0 Å². The first kappa shape index (κ1) is 12.0. The molecule has 0 unspecified atom stereocenters. The van der Waals surface area contributed by atoms with Crippen LogP contribution in [0, 0.1) is 0 Å². The smallest absolute Gasteiger partial charge is 0.244 e. The number of H-pyrrole nitrogens is 1. The van der Waals surface area contributed by atoms with E-state index in [1.807, 2.05) is 11.4 Å². The summed E-state index contributed by atoms with van der Waals surface area (Å²) >= 11 is 4.94. The zero-order chi connectivity index (χ0) is 12.1. The van der Waals surface area contributed by atoms with Crippen LogP contribution < -0.4 is 5.32 Å². The van der Waals surface area contributed by atoms with Crippen molar-refractivity contribution in [3.05, 3.63) is 39.0 Å². The average Bonchev–Trinajstić information content (AvgIpc) is 2.95. The lowest BCUT2D eigenvalue weighted by atomic mass is 10.3. The van der Waals surface area contributed by atoms with Crippen LogP contribution in [-0.4, -0.2) is 21.1 Å². The second-order valence-corrected chi connectivity index (χ2v) is 5.46. The molecule has 0 aliphatic carbocycles. The lowest BCUT2D eigenvalue weighted by Gasteiger charge is -1.97. The predicted molar refractivity (Wildman–Crippen MR) is 69.3 cm³/mol. The maximum absolute atomic E-state index is 11.5. The van der Waals surface area contributed by atoms with Gasteiger partial charge in [-0.1, -0.05) is 0 Å². The number of amides is 1. The summed E-state index contributed by atoms with van der Waals surface area (Å²) in [6, 6.07) is 1.95. The molecule has 5 nitrogen and oxygen atoms in total. The van der Waals surface area contributed by atoms with Crippen LogP contribution in [0.2, 0.25) is 0 Å². The highest BCUT2D eigenvalue weighted by atomic mass is 79.9. The van der Waals surface area contributed by atoms with Crippen LogP contribution in [0.1, 0.15) is 11.4 Å². The van der Waals surface area contributed by atoms with E-state index in [1.54, 1.807) is 17.4 Å². The van der Waals surface area contributed by atoms with Crippen molar-refractivity contribution in [2.75, 3.05) is 0 Å². The Labute approximate surface area is 110 Å². The summed E-state index contributed by atoms with van der Waals surface area (Å²) in [4.78, 5) is 15.3. The molecule has 0 radical (unpaired) electrons. The van der Waals surface area contributed by atoms with Crippen molar-refractivity contribution in [1.82, 2.24) is 20.5 Å². The molecule has 2 aromatic rings. The Balaban J connectivity index is 1.83. The summed E-state index contributed by atoms with van der Waals surface area (Å²) in [7, 11) is 0. The Kier molecular flexibility index (Phi) is 4.05. The zero-order valence-corrected chi connectivity index (χ0v) is 11.1. The Morgan fingerprint density at radius 2 is 2.53 bits per heavy atom. The van der Waals surface area contributed by atoms with E-state index in [0.29, 0.717) is 12.4 Å². The Hall–Kier alpha value is -1.47. The SMILES string of the molecule is O=C(C=Cc1csc(Br)c1)NCc1ncn[nH]1. The largest absolute Gasteiger partial charge is 0.345 e. The van der Waals surface area contributed by atoms with Gasteiger partial charge in [-0.3, -0.25) is 9.89 Å². The molecule has 0 saturated heterocycles. The van der Waals surface area contributed by atoms with Gasteiger partial charge in [0.05, 0.1) is 10.3 Å². The normalized spacial score (nSPS) is 10.9. The molecule has 2 heterocycles. The second kappa shape index (κ2) is 5.74. The van der Waals surface area contributed by atoms with Crippen molar-refractivity contribution in [3.63, 3.8) is 0 Å². The number of aromatic nitrogens is 3. The summed E-state index contributed by atoms with van der Waals surface area (Å²) in [6.45, 7) is 0.344. The van der Waals surface area contributed by atoms with E-state index in [0.717, 1.165) is 9.35 Å². The fourth-order valence-electron chi connectivity index (χ4n) is 1.13. The minimum atomic E-state index is -0.163. The summed E-state index contributed by atoms with van der Waals surface area (Å²) < 4.78 is 1.04. The van der Waals surface area contributed by atoms with Crippen molar-refractivity contribution in [2.24, 2.45) is 0 Å².